The number of hydrogen-bond donors (Lipinski definition) is 4. The lowest BCUT2D eigenvalue weighted by Gasteiger charge is -2.22. The van der Waals surface area contributed by atoms with Gasteiger partial charge in [-0.2, -0.15) is 0 Å². The number of aliphatic hydroxyl groups excluding tert-OH is 1. The Bertz CT molecular complexity index is 1370. The van der Waals surface area contributed by atoms with Crippen molar-refractivity contribution in [3.63, 3.8) is 0 Å². The van der Waals surface area contributed by atoms with Crippen LogP contribution in [0.4, 0.5) is 10.8 Å². The molecule has 2 aromatic carbocycles. The van der Waals surface area contributed by atoms with Gasteiger partial charge in [-0.25, -0.2) is 4.98 Å². The van der Waals surface area contributed by atoms with E-state index in [2.05, 4.69) is 25.9 Å². The summed E-state index contributed by atoms with van der Waals surface area (Å²) < 4.78 is 0. The standard InChI is InChI=1S/C26H23N5O3S/c32-21-12-20-11-19(4-5-22(20)28-13-21)25(34)29-14-24(33)31-26-30-23(15-35-26)18-3-1-2-17(10-18)16-6-8-27-9-7-16/h1-11,15,21,28,32H,12-14H2,(H,29,34)(H,30,31,33). The van der Waals surface area contributed by atoms with Gasteiger partial charge in [0, 0.05) is 47.6 Å². The molecular weight excluding hydrogens is 462 g/mol. The fourth-order valence-corrected chi connectivity index (χ4v) is 4.66. The second kappa shape index (κ2) is 10.0. The number of carbonyl (C=O) groups is 2. The van der Waals surface area contributed by atoms with E-state index in [0.717, 1.165) is 33.6 Å². The molecule has 2 amide bonds. The minimum Gasteiger partial charge on any atom is -0.391 e. The highest BCUT2D eigenvalue weighted by Gasteiger charge is 2.18. The lowest BCUT2D eigenvalue weighted by atomic mass is 9.99. The Kier molecular flexibility index (Phi) is 6.51. The van der Waals surface area contributed by atoms with E-state index in [4.69, 9.17) is 0 Å². The molecule has 35 heavy (non-hydrogen) atoms. The fraction of sp³-hybridized carbons (Fsp3) is 0.154. The minimum absolute atomic E-state index is 0.177. The van der Waals surface area contributed by atoms with Crippen molar-refractivity contribution in [1.82, 2.24) is 15.3 Å². The van der Waals surface area contributed by atoms with Crippen LogP contribution < -0.4 is 16.0 Å². The summed E-state index contributed by atoms with van der Waals surface area (Å²) in [5.74, 6) is -0.712. The second-order valence-electron chi connectivity index (χ2n) is 8.20. The van der Waals surface area contributed by atoms with E-state index in [1.54, 1.807) is 24.5 Å². The summed E-state index contributed by atoms with van der Waals surface area (Å²) in [5, 5.41) is 20.7. The first-order valence-corrected chi connectivity index (χ1v) is 12.0. The number of carbonyl (C=O) groups excluding carboxylic acids is 2. The molecule has 9 heteroatoms. The third-order valence-corrected chi connectivity index (χ3v) is 6.44. The Morgan fingerprint density at radius 1 is 1.06 bits per heavy atom. The van der Waals surface area contributed by atoms with Gasteiger partial charge in [-0.1, -0.05) is 18.2 Å². The molecule has 4 N–H and O–H groups in total. The zero-order valence-corrected chi connectivity index (χ0v) is 19.5. The number of aromatic nitrogens is 2. The Morgan fingerprint density at radius 2 is 1.89 bits per heavy atom. The third-order valence-electron chi connectivity index (χ3n) is 5.68. The summed E-state index contributed by atoms with van der Waals surface area (Å²) in [6, 6.07) is 17.2. The molecule has 1 aliphatic heterocycles. The maximum absolute atomic E-state index is 12.5. The molecule has 0 radical (unpaired) electrons. The molecule has 5 rings (SSSR count). The van der Waals surface area contributed by atoms with Crippen molar-refractivity contribution >= 4 is 34.0 Å². The van der Waals surface area contributed by atoms with Crippen LogP contribution >= 0.6 is 11.3 Å². The molecule has 4 aromatic rings. The molecule has 8 nitrogen and oxygen atoms in total. The molecule has 3 heterocycles. The number of nitrogens with zero attached hydrogens (tertiary/aromatic N) is 2. The van der Waals surface area contributed by atoms with Crippen molar-refractivity contribution in [1.29, 1.82) is 0 Å². The number of amides is 2. The highest BCUT2D eigenvalue weighted by Crippen LogP contribution is 2.29. The Balaban J connectivity index is 1.19. The van der Waals surface area contributed by atoms with Gasteiger partial charge in [0.05, 0.1) is 18.3 Å². The Labute approximate surface area is 206 Å². The van der Waals surface area contributed by atoms with Crippen LogP contribution in [0.2, 0.25) is 0 Å². The van der Waals surface area contributed by atoms with Crippen LogP contribution in [0.25, 0.3) is 22.4 Å². The number of nitrogens with one attached hydrogen (secondary N) is 3. The maximum atomic E-state index is 12.5. The molecule has 1 aliphatic rings. The molecule has 176 valence electrons. The zero-order chi connectivity index (χ0) is 24.2. The first-order valence-electron chi connectivity index (χ1n) is 11.1. The fourth-order valence-electron chi connectivity index (χ4n) is 3.92. The SMILES string of the molecule is O=C(CNC(=O)c1ccc2c(c1)CC(O)CN2)Nc1nc(-c2cccc(-c3ccncc3)c2)cs1. The molecular formula is C26H23N5O3S. The normalized spacial score (nSPS) is 14.5. The summed E-state index contributed by atoms with van der Waals surface area (Å²) in [5.41, 5.74) is 6.05. The van der Waals surface area contributed by atoms with Gasteiger partial charge in [0.2, 0.25) is 5.91 Å². The number of benzene rings is 2. The van der Waals surface area contributed by atoms with Crippen LogP contribution in [0.5, 0.6) is 0 Å². The van der Waals surface area contributed by atoms with Crippen molar-refractivity contribution in [3.8, 4) is 22.4 Å². The third kappa shape index (κ3) is 5.37. The highest BCUT2D eigenvalue weighted by molar-refractivity contribution is 7.14. The number of hydrogen-bond acceptors (Lipinski definition) is 7. The van der Waals surface area contributed by atoms with Crippen molar-refractivity contribution in [2.75, 3.05) is 23.7 Å². The molecule has 0 saturated heterocycles. The van der Waals surface area contributed by atoms with Gasteiger partial charge in [0.1, 0.15) is 0 Å². The summed E-state index contributed by atoms with van der Waals surface area (Å²) in [4.78, 5) is 33.5. The second-order valence-corrected chi connectivity index (χ2v) is 9.05. The maximum Gasteiger partial charge on any atom is 0.251 e. The van der Waals surface area contributed by atoms with Crippen molar-refractivity contribution < 1.29 is 14.7 Å². The lowest BCUT2D eigenvalue weighted by Crippen LogP contribution is -2.33. The number of rotatable bonds is 6. The van der Waals surface area contributed by atoms with Crippen LogP contribution in [0.3, 0.4) is 0 Å². The predicted molar refractivity (Wildman–Crippen MR) is 136 cm³/mol. The lowest BCUT2D eigenvalue weighted by molar-refractivity contribution is -0.115. The van der Waals surface area contributed by atoms with Crippen molar-refractivity contribution in [2.45, 2.75) is 12.5 Å². The van der Waals surface area contributed by atoms with Crippen LogP contribution in [0, 0.1) is 0 Å². The first kappa shape index (κ1) is 22.7. The van der Waals surface area contributed by atoms with E-state index in [1.807, 2.05) is 47.8 Å². The van der Waals surface area contributed by atoms with E-state index < -0.39 is 6.10 Å². The van der Waals surface area contributed by atoms with Gasteiger partial charge < -0.3 is 21.1 Å². The van der Waals surface area contributed by atoms with Gasteiger partial charge in [0.25, 0.3) is 5.91 Å². The van der Waals surface area contributed by atoms with Gasteiger partial charge in [-0.15, -0.1) is 11.3 Å². The van der Waals surface area contributed by atoms with Crippen LogP contribution in [0.1, 0.15) is 15.9 Å². The van der Waals surface area contributed by atoms with Crippen LogP contribution in [-0.4, -0.2) is 46.1 Å². The average Bonchev–Trinajstić information content (AvgIpc) is 3.36. The topological polar surface area (TPSA) is 116 Å². The smallest absolute Gasteiger partial charge is 0.251 e. The number of aliphatic hydroxyl groups is 1. The summed E-state index contributed by atoms with van der Waals surface area (Å²) >= 11 is 1.32. The van der Waals surface area contributed by atoms with E-state index in [9.17, 15) is 14.7 Å². The molecule has 0 fully saturated rings. The summed E-state index contributed by atoms with van der Waals surface area (Å²) in [6.07, 6.45) is 3.52. The van der Waals surface area contributed by atoms with Crippen LogP contribution in [0.15, 0.2) is 72.4 Å². The summed E-state index contributed by atoms with van der Waals surface area (Å²) in [7, 11) is 0. The Hall–Kier alpha value is -4.08. The average molecular weight is 486 g/mol. The largest absolute Gasteiger partial charge is 0.391 e. The van der Waals surface area contributed by atoms with Crippen molar-refractivity contribution in [3.05, 3.63) is 83.5 Å². The quantitative estimate of drug-likeness (QED) is 0.332. The van der Waals surface area contributed by atoms with E-state index in [0.29, 0.717) is 23.7 Å². The first-order chi connectivity index (χ1) is 17.0. The van der Waals surface area contributed by atoms with Gasteiger partial charge >= 0.3 is 0 Å². The van der Waals surface area contributed by atoms with Gasteiger partial charge in [0.15, 0.2) is 5.13 Å². The predicted octanol–water partition coefficient (Wildman–Crippen LogP) is 3.57. The van der Waals surface area contributed by atoms with Gasteiger partial charge in [-0.05, 0) is 53.1 Å². The van der Waals surface area contributed by atoms with Crippen molar-refractivity contribution in [2.24, 2.45) is 0 Å². The number of fused-ring (bicyclic) bond motifs is 1. The minimum atomic E-state index is -0.479. The Morgan fingerprint density at radius 3 is 2.74 bits per heavy atom. The molecule has 0 bridgehead atoms. The number of β-amino-alcohol motifs (C(OH)–C–C–N with tert-alkyl or cyclic N) is 1. The molecule has 1 atom stereocenters. The monoisotopic (exact) mass is 485 g/mol. The van der Waals surface area contributed by atoms with E-state index in [1.165, 1.54) is 11.3 Å². The number of thiazole rings is 1. The molecule has 0 spiro atoms. The molecule has 0 aliphatic carbocycles. The van der Waals surface area contributed by atoms with Crippen LogP contribution in [-0.2, 0) is 11.2 Å². The molecule has 0 saturated carbocycles. The zero-order valence-electron chi connectivity index (χ0n) is 18.7. The number of anilines is 2. The highest BCUT2D eigenvalue weighted by atomic mass is 32.1. The van der Waals surface area contributed by atoms with E-state index in [-0.39, 0.29) is 18.4 Å². The molecule has 2 aromatic heterocycles. The number of pyridine rings is 1. The summed E-state index contributed by atoms with van der Waals surface area (Å²) in [6.45, 7) is 0.316. The molecule has 1 unspecified atom stereocenters. The van der Waals surface area contributed by atoms with E-state index >= 15 is 0 Å². The van der Waals surface area contributed by atoms with Gasteiger partial charge in [-0.3, -0.25) is 14.6 Å².